The quantitative estimate of drug-likeness (QED) is 0.862. The monoisotopic (exact) mass is 316 g/mol. The van der Waals surface area contributed by atoms with Crippen LogP contribution in [0.1, 0.15) is 12.8 Å². The third kappa shape index (κ3) is 1.98. The highest BCUT2D eigenvalue weighted by Crippen LogP contribution is 2.36. The molecule has 0 saturated heterocycles. The lowest BCUT2D eigenvalue weighted by Crippen LogP contribution is -2.34. The lowest BCUT2D eigenvalue weighted by Gasteiger charge is -2.19. The topological polar surface area (TPSA) is 49.4 Å². The molecule has 17 heavy (non-hydrogen) atoms. The molecule has 1 aliphatic heterocycles. The number of fused-ring (bicyclic) bond motifs is 1. The SMILES string of the molecule is O=S1(=O)c2cc(Br)ccc2NCCN1C1CC1. The maximum absolute atomic E-state index is 12.5. The Balaban J connectivity index is 2.14. The largest absolute Gasteiger partial charge is 0.383 e. The van der Waals surface area contributed by atoms with Crippen LogP contribution in [0.25, 0.3) is 0 Å². The molecule has 1 aromatic rings. The number of hydrogen-bond donors (Lipinski definition) is 1. The number of nitrogens with one attached hydrogen (secondary N) is 1. The van der Waals surface area contributed by atoms with Crippen LogP contribution in [0.15, 0.2) is 27.6 Å². The molecule has 2 aliphatic rings. The van der Waals surface area contributed by atoms with Crippen LogP contribution in [0, 0.1) is 0 Å². The van der Waals surface area contributed by atoms with Crippen LogP contribution in [-0.4, -0.2) is 31.9 Å². The van der Waals surface area contributed by atoms with E-state index in [0.717, 1.165) is 17.3 Å². The fraction of sp³-hybridized carbons (Fsp3) is 0.455. The molecule has 3 rings (SSSR count). The molecule has 0 unspecified atom stereocenters. The maximum Gasteiger partial charge on any atom is 0.245 e. The standard InChI is InChI=1S/C11H13BrN2O2S/c12-8-1-4-10-11(7-8)17(15,16)14(6-5-13-10)9-2-3-9/h1,4,7,9,13H,2-3,5-6H2. The third-order valence-electron chi connectivity index (χ3n) is 3.13. The first-order chi connectivity index (χ1) is 8.09. The number of halogens is 1. The summed E-state index contributed by atoms with van der Waals surface area (Å²) < 4.78 is 27.5. The number of sulfonamides is 1. The molecule has 1 aliphatic carbocycles. The second kappa shape index (κ2) is 3.96. The minimum atomic E-state index is -3.34. The van der Waals surface area contributed by atoms with E-state index in [1.807, 2.05) is 12.1 Å². The summed E-state index contributed by atoms with van der Waals surface area (Å²) in [5.74, 6) is 0. The van der Waals surface area contributed by atoms with E-state index in [-0.39, 0.29) is 6.04 Å². The van der Waals surface area contributed by atoms with Crippen LogP contribution in [-0.2, 0) is 10.0 Å². The second-order valence-corrected chi connectivity index (χ2v) is 7.19. The molecular weight excluding hydrogens is 304 g/mol. The molecule has 6 heteroatoms. The zero-order valence-corrected chi connectivity index (χ0v) is 11.6. The van der Waals surface area contributed by atoms with E-state index in [4.69, 9.17) is 0 Å². The minimum absolute atomic E-state index is 0.215. The molecule has 0 amide bonds. The first-order valence-corrected chi connectivity index (χ1v) is 7.87. The Morgan fingerprint density at radius 1 is 1.35 bits per heavy atom. The Labute approximate surface area is 109 Å². The van der Waals surface area contributed by atoms with Gasteiger partial charge in [-0.25, -0.2) is 8.42 Å². The molecule has 1 heterocycles. The first kappa shape index (κ1) is 11.5. The van der Waals surface area contributed by atoms with Gasteiger partial charge in [0.15, 0.2) is 0 Å². The van der Waals surface area contributed by atoms with Crippen LogP contribution < -0.4 is 5.32 Å². The first-order valence-electron chi connectivity index (χ1n) is 5.64. The van der Waals surface area contributed by atoms with Crippen LogP contribution in [0.5, 0.6) is 0 Å². The summed E-state index contributed by atoms with van der Waals surface area (Å²) in [7, 11) is -3.34. The van der Waals surface area contributed by atoms with Crippen molar-refractivity contribution in [1.29, 1.82) is 0 Å². The molecule has 1 aromatic carbocycles. The van der Waals surface area contributed by atoms with Gasteiger partial charge in [-0.05, 0) is 31.0 Å². The molecule has 1 fully saturated rings. The Bertz CT molecular complexity index is 555. The Morgan fingerprint density at radius 3 is 2.82 bits per heavy atom. The molecule has 1 saturated carbocycles. The van der Waals surface area contributed by atoms with Crippen molar-refractivity contribution in [2.45, 2.75) is 23.8 Å². The van der Waals surface area contributed by atoms with Crippen molar-refractivity contribution >= 4 is 31.6 Å². The van der Waals surface area contributed by atoms with Crippen molar-refractivity contribution in [1.82, 2.24) is 4.31 Å². The van der Waals surface area contributed by atoms with Gasteiger partial charge in [-0.3, -0.25) is 0 Å². The summed E-state index contributed by atoms with van der Waals surface area (Å²) in [5, 5.41) is 3.18. The maximum atomic E-state index is 12.5. The van der Waals surface area contributed by atoms with Crippen molar-refractivity contribution in [2.24, 2.45) is 0 Å². The van der Waals surface area contributed by atoms with Crippen molar-refractivity contribution < 1.29 is 8.42 Å². The Kier molecular flexibility index (Phi) is 2.68. The van der Waals surface area contributed by atoms with E-state index in [0.29, 0.717) is 23.7 Å². The zero-order chi connectivity index (χ0) is 12.0. The van der Waals surface area contributed by atoms with E-state index >= 15 is 0 Å². The normalized spacial score (nSPS) is 23.6. The molecule has 0 radical (unpaired) electrons. The smallest absolute Gasteiger partial charge is 0.245 e. The molecule has 0 spiro atoms. The fourth-order valence-electron chi connectivity index (χ4n) is 2.14. The van der Waals surface area contributed by atoms with Gasteiger partial charge in [-0.15, -0.1) is 0 Å². The summed E-state index contributed by atoms with van der Waals surface area (Å²) in [6.07, 6.45) is 1.98. The fourth-order valence-corrected chi connectivity index (χ4v) is 4.54. The van der Waals surface area contributed by atoms with E-state index in [1.165, 1.54) is 0 Å². The van der Waals surface area contributed by atoms with E-state index < -0.39 is 10.0 Å². The predicted octanol–water partition coefficient (Wildman–Crippen LogP) is 2.03. The van der Waals surface area contributed by atoms with E-state index in [1.54, 1.807) is 10.4 Å². The number of hydrogen-bond acceptors (Lipinski definition) is 3. The molecule has 0 bridgehead atoms. The number of anilines is 1. The molecular formula is C11H13BrN2O2S. The Hall–Kier alpha value is -0.590. The van der Waals surface area contributed by atoms with Crippen molar-refractivity contribution in [3.8, 4) is 0 Å². The van der Waals surface area contributed by atoms with Crippen LogP contribution in [0.4, 0.5) is 5.69 Å². The molecule has 0 aromatic heterocycles. The predicted molar refractivity (Wildman–Crippen MR) is 69.5 cm³/mol. The number of benzene rings is 1. The highest BCUT2D eigenvalue weighted by molar-refractivity contribution is 9.10. The second-order valence-electron chi connectivity index (χ2n) is 4.41. The van der Waals surface area contributed by atoms with Gasteiger partial charge in [0.25, 0.3) is 0 Å². The average molecular weight is 317 g/mol. The van der Waals surface area contributed by atoms with Crippen molar-refractivity contribution in [2.75, 3.05) is 18.4 Å². The van der Waals surface area contributed by atoms with Crippen molar-refractivity contribution in [3.05, 3.63) is 22.7 Å². The van der Waals surface area contributed by atoms with Gasteiger partial charge in [0.2, 0.25) is 10.0 Å². The Morgan fingerprint density at radius 2 is 2.12 bits per heavy atom. The van der Waals surface area contributed by atoms with Crippen LogP contribution >= 0.6 is 15.9 Å². The molecule has 4 nitrogen and oxygen atoms in total. The van der Waals surface area contributed by atoms with Gasteiger partial charge >= 0.3 is 0 Å². The highest BCUT2D eigenvalue weighted by atomic mass is 79.9. The summed E-state index contributed by atoms with van der Waals surface area (Å²) in [6, 6.07) is 5.56. The van der Waals surface area contributed by atoms with Gasteiger partial charge < -0.3 is 5.32 Å². The third-order valence-corrected chi connectivity index (χ3v) is 5.62. The van der Waals surface area contributed by atoms with Gasteiger partial charge in [-0.2, -0.15) is 4.31 Å². The summed E-state index contributed by atoms with van der Waals surface area (Å²) in [5.41, 5.74) is 0.705. The van der Waals surface area contributed by atoms with Gasteiger partial charge in [0.1, 0.15) is 4.90 Å². The van der Waals surface area contributed by atoms with Gasteiger partial charge in [0.05, 0.1) is 5.69 Å². The minimum Gasteiger partial charge on any atom is -0.383 e. The summed E-state index contributed by atoms with van der Waals surface area (Å²) in [6.45, 7) is 1.23. The van der Waals surface area contributed by atoms with E-state index in [2.05, 4.69) is 21.2 Å². The number of rotatable bonds is 1. The van der Waals surface area contributed by atoms with E-state index in [9.17, 15) is 8.42 Å². The highest BCUT2D eigenvalue weighted by Gasteiger charge is 2.39. The van der Waals surface area contributed by atoms with Gasteiger partial charge in [-0.1, -0.05) is 15.9 Å². The van der Waals surface area contributed by atoms with Crippen molar-refractivity contribution in [3.63, 3.8) is 0 Å². The zero-order valence-electron chi connectivity index (χ0n) is 9.19. The summed E-state index contributed by atoms with van der Waals surface area (Å²) in [4.78, 5) is 0.385. The van der Waals surface area contributed by atoms with Crippen LogP contribution in [0.3, 0.4) is 0 Å². The molecule has 0 atom stereocenters. The van der Waals surface area contributed by atoms with Crippen LogP contribution in [0.2, 0.25) is 0 Å². The lowest BCUT2D eigenvalue weighted by molar-refractivity contribution is 0.419. The lowest BCUT2D eigenvalue weighted by atomic mass is 10.3. The number of nitrogens with zero attached hydrogens (tertiary/aromatic N) is 1. The summed E-state index contributed by atoms with van der Waals surface area (Å²) >= 11 is 3.33. The average Bonchev–Trinajstić information content (AvgIpc) is 3.08. The molecule has 92 valence electrons. The molecule has 1 N–H and O–H groups in total. The van der Waals surface area contributed by atoms with Gasteiger partial charge in [0, 0.05) is 23.6 Å².